The molecule has 2 aliphatic heterocycles. The lowest BCUT2D eigenvalue weighted by molar-refractivity contribution is -0.133. The Labute approximate surface area is 149 Å². The molecule has 7 nitrogen and oxygen atoms in total. The molecule has 0 spiro atoms. The maximum Gasteiger partial charge on any atom is 0.243 e. The molecule has 0 aromatic heterocycles. The average molecular weight is 366 g/mol. The van der Waals surface area contributed by atoms with Crippen molar-refractivity contribution in [3.8, 4) is 0 Å². The molecule has 2 N–H and O–H groups in total. The number of nitrogens with two attached hydrogens (primary N) is 1. The van der Waals surface area contributed by atoms with Gasteiger partial charge in [-0.2, -0.15) is 4.31 Å². The van der Waals surface area contributed by atoms with Gasteiger partial charge in [0.25, 0.3) is 0 Å². The van der Waals surface area contributed by atoms with Crippen LogP contribution in [0.15, 0.2) is 23.1 Å². The van der Waals surface area contributed by atoms with Gasteiger partial charge in [0.2, 0.25) is 15.9 Å². The minimum Gasteiger partial charge on any atom is -0.337 e. The summed E-state index contributed by atoms with van der Waals surface area (Å²) in [5.41, 5.74) is 7.70. The van der Waals surface area contributed by atoms with Crippen LogP contribution in [0.4, 0.5) is 0 Å². The standard InChI is InChI=1S/C17H26N4O3S/c1-13(18)17(22)20-6-5-14-3-4-16(11-15(14)12-20)25(23,24)21-9-7-19(2)8-10-21/h3-4,11,13H,5-10,12,18H2,1-2H3/t13-/m1/s1. The third-order valence-corrected chi connectivity index (χ3v) is 6.89. The molecule has 1 aromatic carbocycles. The van der Waals surface area contributed by atoms with Gasteiger partial charge in [-0.3, -0.25) is 4.79 Å². The molecule has 1 amide bonds. The Hall–Kier alpha value is -1.48. The molecule has 3 rings (SSSR count). The van der Waals surface area contributed by atoms with Crippen LogP contribution in [0.2, 0.25) is 0 Å². The van der Waals surface area contributed by atoms with Gasteiger partial charge in [-0.15, -0.1) is 0 Å². The molecule has 8 heteroatoms. The summed E-state index contributed by atoms with van der Waals surface area (Å²) in [5, 5.41) is 0. The van der Waals surface area contributed by atoms with E-state index in [0.717, 1.165) is 30.6 Å². The van der Waals surface area contributed by atoms with E-state index >= 15 is 0 Å². The number of rotatable bonds is 3. The highest BCUT2D eigenvalue weighted by atomic mass is 32.2. The molecule has 0 unspecified atom stereocenters. The maximum absolute atomic E-state index is 12.9. The fourth-order valence-electron chi connectivity index (χ4n) is 3.35. The van der Waals surface area contributed by atoms with E-state index in [4.69, 9.17) is 5.73 Å². The van der Waals surface area contributed by atoms with Gasteiger partial charge in [0.1, 0.15) is 0 Å². The lowest BCUT2D eigenvalue weighted by atomic mass is 9.99. The summed E-state index contributed by atoms with van der Waals surface area (Å²) in [4.78, 5) is 16.3. The fraction of sp³-hybridized carbons (Fsp3) is 0.588. The number of carbonyl (C=O) groups excluding carboxylic acids is 1. The number of piperazine rings is 1. The zero-order chi connectivity index (χ0) is 18.2. The molecule has 2 heterocycles. The minimum atomic E-state index is -3.49. The van der Waals surface area contributed by atoms with Crippen molar-refractivity contribution in [1.29, 1.82) is 0 Å². The van der Waals surface area contributed by atoms with Gasteiger partial charge in [-0.1, -0.05) is 6.07 Å². The number of hydrogen-bond acceptors (Lipinski definition) is 5. The van der Waals surface area contributed by atoms with Gasteiger partial charge in [0.15, 0.2) is 0 Å². The predicted molar refractivity (Wildman–Crippen MR) is 95.5 cm³/mol. The van der Waals surface area contributed by atoms with E-state index in [9.17, 15) is 13.2 Å². The lowest BCUT2D eigenvalue weighted by Crippen LogP contribution is -2.47. The molecule has 1 aromatic rings. The van der Waals surface area contributed by atoms with Crippen LogP contribution in [-0.4, -0.2) is 74.2 Å². The van der Waals surface area contributed by atoms with Crippen molar-refractivity contribution < 1.29 is 13.2 Å². The number of sulfonamides is 1. The number of likely N-dealkylation sites (N-methyl/N-ethyl adjacent to an activating group) is 1. The summed E-state index contributed by atoms with van der Waals surface area (Å²) >= 11 is 0. The number of nitrogens with zero attached hydrogens (tertiary/aromatic N) is 3. The highest BCUT2D eigenvalue weighted by Crippen LogP contribution is 2.25. The molecular formula is C17H26N4O3S. The number of hydrogen-bond donors (Lipinski definition) is 1. The van der Waals surface area contributed by atoms with Crippen LogP contribution >= 0.6 is 0 Å². The Morgan fingerprint density at radius 2 is 1.80 bits per heavy atom. The Morgan fingerprint density at radius 3 is 2.44 bits per heavy atom. The van der Waals surface area contributed by atoms with Crippen LogP contribution in [-0.2, 0) is 27.8 Å². The van der Waals surface area contributed by atoms with Crippen LogP contribution < -0.4 is 5.73 Å². The molecule has 2 aliphatic rings. The highest BCUT2D eigenvalue weighted by Gasteiger charge is 2.29. The van der Waals surface area contributed by atoms with Crippen molar-refractivity contribution in [2.45, 2.75) is 30.8 Å². The summed E-state index contributed by atoms with van der Waals surface area (Å²) in [6.07, 6.45) is 0.725. The average Bonchev–Trinajstić information content (AvgIpc) is 2.60. The van der Waals surface area contributed by atoms with Crippen molar-refractivity contribution in [1.82, 2.24) is 14.1 Å². The van der Waals surface area contributed by atoms with Crippen LogP contribution in [0, 0.1) is 0 Å². The van der Waals surface area contributed by atoms with Gasteiger partial charge in [-0.05, 0) is 43.7 Å². The first-order valence-electron chi connectivity index (χ1n) is 8.64. The van der Waals surface area contributed by atoms with Gasteiger partial charge in [0, 0.05) is 39.3 Å². The van der Waals surface area contributed by atoms with E-state index in [1.54, 1.807) is 28.3 Å². The predicted octanol–water partition coefficient (Wildman–Crippen LogP) is -0.145. The molecule has 1 saturated heterocycles. The SMILES string of the molecule is C[C@@H](N)C(=O)N1CCc2ccc(S(=O)(=O)N3CCN(C)CC3)cc2C1. The largest absolute Gasteiger partial charge is 0.337 e. The first-order chi connectivity index (χ1) is 11.8. The molecule has 0 aliphatic carbocycles. The van der Waals surface area contributed by atoms with Crippen LogP contribution in [0.25, 0.3) is 0 Å². The molecule has 138 valence electrons. The van der Waals surface area contributed by atoms with Crippen LogP contribution in [0.3, 0.4) is 0 Å². The second kappa shape index (κ2) is 7.03. The van der Waals surface area contributed by atoms with Gasteiger partial charge in [-0.25, -0.2) is 8.42 Å². The Bertz CT molecular complexity index is 755. The highest BCUT2D eigenvalue weighted by molar-refractivity contribution is 7.89. The molecule has 1 atom stereocenters. The van der Waals surface area contributed by atoms with Gasteiger partial charge < -0.3 is 15.5 Å². The molecular weight excluding hydrogens is 340 g/mol. The molecule has 0 bridgehead atoms. The number of benzene rings is 1. The first-order valence-corrected chi connectivity index (χ1v) is 10.1. The van der Waals surface area contributed by atoms with E-state index in [1.807, 2.05) is 13.1 Å². The summed E-state index contributed by atoms with van der Waals surface area (Å²) < 4.78 is 27.4. The van der Waals surface area contributed by atoms with Crippen molar-refractivity contribution in [2.24, 2.45) is 5.73 Å². The smallest absolute Gasteiger partial charge is 0.243 e. The Balaban J connectivity index is 1.83. The molecule has 1 fully saturated rings. The first kappa shape index (κ1) is 18.3. The topological polar surface area (TPSA) is 86.9 Å². The van der Waals surface area contributed by atoms with Gasteiger partial charge >= 0.3 is 0 Å². The van der Waals surface area contributed by atoms with Crippen LogP contribution in [0.5, 0.6) is 0 Å². The van der Waals surface area contributed by atoms with E-state index in [1.165, 1.54) is 0 Å². The number of fused-ring (bicyclic) bond motifs is 1. The van der Waals surface area contributed by atoms with Crippen molar-refractivity contribution in [3.63, 3.8) is 0 Å². The normalized spacial score (nSPS) is 21.0. The van der Waals surface area contributed by atoms with Crippen LogP contribution in [0.1, 0.15) is 18.1 Å². The maximum atomic E-state index is 12.9. The Kier molecular flexibility index (Phi) is 5.15. The van der Waals surface area contributed by atoms with E-state index in [-0.39, 0.29) is 5.91 Å². The molecule has 0 saturated carbocycles. The second-order valence-corrected chi connectivity index (χ2v) is 8.87. The van der Waals surface area contributed by atoms with Crippen molar-refractivity contribution in [3.05, 3.63) is 29.3 Å². The number of carbonyl (C=O) groups is 1. The lowest BCUT2D eigenvalue weighted by Gasteiger charge is -2.33. The molecule has 25 heavy (non-hydrogen) atoms. The third-order valence-electron chi connectivity index (χ3n) is 4.99. The quantitative estimate of drug-likeness (QED) is 0.804. The molecule has 0 radical (unpaired) electrons. The minimum absolute atomic E-state index is 0.0991. The van der Waals surface area contributed by atoms with Crippen molar-refractivity contribution in [2.75, 3.05) is 39.8 Å². The van der Waals surface area contributed by atoms with E-state index < -0.39 is 16.1 Å². The zero-order valence-corrected chi connectivity index (χ0v) is 15.6. The van der Waals surface area contributed by atoms with E-state index in [0.29, 0.717) is 31.1 Å². The second-order valence-electron chi connectivity index (χ2n) is 6.94. The Morgan fingerprint density at radius 1 is 1.12 bits per heavy atom. The summed E-state index contributed by atoms with van der Waals surface area (Å²) in [7, 11) is -1.50. The fourth-order valence-corrected chi connectivity index (χ4v) is 4.82. The monoisotopic (exact) mass is 366 g/mol. The van der Waals surface area contributed by atoms with Gasteiger partial charge in [0.05, 0.1) is 10.9 Å². The zero-order valence-electron chi connectivity index (χ0n) is 14.8. The third kappa shape index (κ3) is 3.72. The summed E-state index contributed by atoms with van der Waals surface area (Å²) in [6.45, 7) is 5.20. The van der Waals surface area contributed by atoms with E-state index in [2.05, 4.69) is 4.90 Å². The van der Waals surface area contributed by atoms with Crippen molar-refractivity contribution >= 4 is 15.9 Å². The number of amides is 1. The summed E-state index contributed by atoms with van der Waals surface area (Å²) in [6, 6.07) is 4.75. The summed E-state index contributed by atoms with van der Waals surface area (Å²) in [5.74, 6) is -0.0991.